The van der Waals surface area contributed by atoms with Gasteiger partial charge < -0.3 is 25.0 Å². The maximum Gasteiger partial charge on any atom is 0.338 e. The minimum absolute atomic E-state index is 0.0559. The quantitative estimate of drug-likeness (QED) is 0.650. The minimum atomic E-state index is -0.656. The van der Waals surface area contributed by atoms with E-state index in [1.54, 1.807) is 30.5 Å². The van der Waals surface area contributed by atoms with Crippen molar-refractivity contribution in [1.82, 2.24) is 15.5 Å². The zero-order chi connectivity index (χ0) is 19.8. The summed E-state index contributed by atoms with van der Waals surface area (Å²) in [5.74, 6) is -0.714. The van der Waals surface area contributed by atoms with Crippen LogP contribution in [-0.4, -0.2) is 64.7 Å². The summed E-state index contributed by atoms with van der Waals surface area (Å²) in [5.41, 5.74) is 0.409. The second kappa shape index (κ2) is 7.41. The lowest BCUT2D eigenvalue weighted by Gasteiger charge is -2.30. The van der Waals surface area contributed by atoms with Crippen LogP contribution in [0.1, 0.15) is 33.6 Å². The molecular weight excluding hydrogens is 374 g/mol. The number of fused-ring (bicyclic) bond motifs is 1. The molecule has 3 amide bonds. The Labute approximate surface area is 161 Å². The number of hydrogen-bond acceptors (Lipinski definition) is 7. The van der Waals surface area contributed by atoms with E-state index in [0.29, 0.717) is 18.6 Å². The molecule has 148 valence electrons. The standard InChI is InChI=1S/C17H23N3O6S/c1-4-25-15(23)13-9(2)18-16(24)19-10(13)7-26-14(22)11-8-27-17(3)6-5-12(21)20(11)17/h9,11H,4-8H2,1-3H3,(H2,18,19,24)/t9-,11-,17+/m0/s1. The lowest BCUT2D eigenvalue weighted by Crippen LogP contribution is -2.50. The summed E-state index contributed by atoms with van der Waals surface area (Å²) in [4.78, 5) is 49.9. The van der Waals surface area contributed by atoms with Crippen LogP contribution in [0.4, 0.5) is 4.79 Å². The third kappa shape index (κ3) is 3.62. The summed E-state index contributed by atoms with van der Waals surface area (Å²) in [7, 11) is 0. The van der Waals surface area contributed by atoms with Crippen molar-refractivity contribution in [1.29, 1.82) is 0 Å². The number of rotatable bonds is 5. The van der Waals surface area contributed by atoms with E-state index in [1.807, 2.05) is 6.92 Å². The van der Waals surface area contributed by atoms with Gasteiger partial charge in [0.2, 0.25) is 5.91 Å². The lowest BCUT2D eigenvalue weighted by atomic mass is 10.0. The van der Waals surface area contributed by atoms with Gasteiger partial charge in [-0.15, -0.1) is 11.8 Å². The summed E-state index contributed by atoms with van der Waals surface area (Å²) in [6.45, 7) is 5.19. The van der Waals surface area contributed by atoms with Gasteiger partial charge in [-0.05, 0) is 27.2 Å². The predicted octanol–water partition coefficient (Wildman–Crippen LogP) is 0.502. The number of carbonyl (C=O) groups excluding carboxylic acids is 4. The molecule has 3 atom stereocenters. The number of ether oxygens (including phenoxy) is 2. The third-order valence-electron chi connectivity index (χ3n) is 4.94. The monoisotopic (exact) mass is 397 g/mol. The first-order chi connectivity index (χ1) is 12.8. The van der Waals surface area contributed by atoms with Crippen molar-refractivity contribution in [3.05, 3.63) is 11.3 Å². The minimum Gasteiger partial charge on any atom is -0.463 e. The van der Waals surface area contributed by atoms with Gasteiger partial charge in [-0.3, -0.25) is 4.79 Å². The molecule has 0 unspecified atom stereocenters. The average Bonchev–Trinajstić information content (AvgIpc) is 3.08. The van der Waals surface area contributed by atoms with Gasteiger partial charge in [0, 0.05) is 12.2 Å². The molecule has 0 spiro atoms. The Bertz CT molecular complexity index is 723. The SMILES string of the molecule is CCOC(=O)C1=C(COC(=O)[C@@H]2CS[C@]3(C)CCC(=O)N23)NC(=O)N[C@H]1C. The molecule has 3 aliphatic rings. The van der Waals surface area contributed by atoms with Crippen LogP contribution in [-0.2, 0) is 23.9 Å². The van der Waals surface area contributed by atoms with Crippen LogP contribution in [0, 0.1) is 0 Å². The third-order valence-corrected chi connectivity index (χ3v) is 6.45. The number of hydrogen-bond donors (Lipinski definition) is 2. The largest absolute Gasteiger partial charge is 0.463 e. The van der Waals surface area contributed by atoms with E-state index in [-0.39, 0.29) is 35.3 Å². The molecule has 10 heteroatoms. The van der Waals surface area contributed by atoms with Crippen molar-refractivity contribution >= 4 is 35.6 Å². The number of thioether (sulfide) groups is 1. The summed E-state index contributed by atoms with van der Waals surface area (Å²) in [6, 6.07) is -1.71. The van der Waals surface area contributed by atoms with Crippen molar-refractivity contribution in [3.8, 4) is 0 Å². The smallest absolute Gasteiger partial charge is 0.338 e. The summed E-state index contributed by atoms with van der Waals surface area (Å²) >= 11 is 1.57. The van der Waals surface area contributed by atoms with Crippen LogP contribution in [0.2, 0.25) is 0 Å². The molecule has 0 aromatic rings. The van der Waals surface area contributed by atoms with Crippen LogP contribution < -0.4 is 10.6 Å². The van der Waals surface area contributed by atoms with Gasteiger partial charge in [-0.2, -0.15) is 0 Å². The van der Waals surface area contributed by atoms with E-state index in [1.165, 1.54) is 0 Å². The van der Waals surface area contributed by atoms with Gasteiger partial charge in [-0.25, -0.2) is 14.4 Å². The van der Waals surface area contributed by atoms with E-state index in [9.17, 15) is 19.2 Å². The average molecular weight is 397 g/mol. The summed E-state index contributed by atoms with van der Waals surface area (Å²) in [6.07, 6.45) is 1.13. The van der Waals surface area contributed by atoms with Gasteiger partial charge in [0.1, 0.15) is 12.6 Å². The van der Waals surface area contributed by atoms with Crippen molar-refractivity contribution < 1.29 is 28.7 Å². The number of nitrogens with zero attached hydrogens (tertiary/aromatic N) is 1. The van der Waals surface area contributed by atoms with E-state index in [0.717, 1.165) is 0 Å². The fourth-order valence-corrected chi connectivity index (χ4v) is 5.04. The fraction of sp³-hybridized carbons (Fsp3) is 0.647. The van der Waals surface area contributed by atoms with Gasteiger partial charge in [0.05, 0.1) is 28.8 Å². The maximum absolute atomic E-state index is 12.6. The Morgan fingerprint density at radius 1 is 1.33 bits per heavy atom. The van der Waals surface area contributed by atoms with E-state index in [2.05, 4.69) is 10.6 Å². The van der Waals surface area contributed by atoms with Gasteiger partial charge in [0.15, 0.2) is 0 Å². The highest BCUT2D eigenvalue weighted by atomic mass is 32.2. The molecule has 0 radical (unpaired) electrons. The van der Waals surface area contributed by atoms with Crippen LogP contribution in [0.3, 0.4) is 0 Å². The van der Waals surface area contributed by atoms with E-state index in [4.69, 9.17) is 9.47 Å². The van der Waals surface area contributed by atoms with Crippen LogP contribution in [0.5, 0.6) is 0 Å². The summed E-state index contributed by atoms with van der Waals surface area (Å²) in [5, 5.41) is 5.09. The van der Waals surface area contributed by atoms with Crippen molar-refractivity contribution in [2.75, 3.05) is 19.0 Å². The van der Waals surface area contributed by atoms with Gasteiger partial charge in [0.25, 0.3) is 0 Å². The van der Waals surface area contributed by atoms with Gasteiger partial charge >= 0.3 is 18.0 Å². The fourth-order valence-electron chi connectivity index (χ4n) is 3.63. The van der Waals surface area contributed by atoms with Crippen LogP contribution in [0.25, 0.3) is 0 Å². The molecule has 0 saturated carbocycles. The molecular formula is C17H23N3O6S. The Balaban J connectivity index is 1.72. The second-order valence-corrected chi connectivity index (χ2v) is 8.31. The van der Waals surface area contributed by atoms with Crippen LogP contribution in [0.15, 0.2) is 11.3 Å². The van der Waals surface area contributed by atoms with Crippen molar-refractivity contribution in [2.45, 2.75) is 50.6 Å². The highest BCUT2D eigenvalue weighted by molar-refractivity contribution is 8.01. The molecule has 9 nitrogen and oxygen atoms in total. The first-order valence-electron chi connectivity index (χ1n) is 8.87. The Hall–Kier alpha value is -2.23. The first kappa shape index (κ1) is 19.5. The van der Waals surface area contributed by atoms with E-state index >= 15 is 0 Å². The molecule has 0 aromatic carbocycles. The number of carbonyl (C=O) groups is 4. The molecule has 2 N–H and O–H groups in total. The van der Waals surface area contributed by atoms with Crippen molar-refractivity contribution in [2.24, 2.45) is 0 Å². The topological polar surface area (TPSA) is 114 Å². The number of amides is 3. The Morgan fingerprint density at radius 2 is 2.07 bits per heavy atom. The maximum atomic E-state index is 12.6. The molecule has 0 aromatic heterocycles. The predicted molar refractivity (Wildman–Crippen MR) is 96.5 cm³/mol. The van der Waals surface area contributed by atoms with Gasteiger partial charge in [-0.1, -0.05) is 0 Å². The lowest BCUT2D eigenvalue weighted by molar-refractivity contribution is -0.153. The number of nitrogens with one attached hydrogen (secondary N) is 2. The van der Waals surface area contributed by atoms with E-state index < -0.39 is 30.1 Å². The zero-order valence-electron chi connectivity index (χ0n) is 15.5. The highest BCUT2D eigenvalue weighted by Crippen LogP contribution is 2.47. The van der Waals surface area contributed by atoms with Crippen LogP contribution >= 0.6 is 11.8 Å². The first-order valence-corrected chi connectivity index (χ1v) is 9.86. The Kier molecular flexibility index (Phi) is 5.36. The zero-order valence-corrected chi connectivity index (χ0v) is 16.3. The normalized spacial score (nSPS) is 30.0. The highest BCUT2D eigenvalue weighted by Gasteiger charge is 2.53. The molecule has 27 heavy (non-hydrogen) atoms. The molecule has 2 fully saturated rings. The molecule has 2 saturated heterocycles. The number of esters is 2. The summed E-state index contributed by atoms with van der Waals surface area (Å²) < 4.78 is 10.4. The van der Waals surface area contributed by atoms with Crippen molar-refractivity contribution in [3.63, 3.8) is 0 Å². The molecule has 0 aliphatic carbocycles. The number of urea groups is 1. The molecule has 3 heterocycles. The molecule has 0 bridgehead atoms. The second-order valence-electron chi connectivity index (χ2n) is 6.81. The Morgan fingerprint density at radius 3 is 2.78 bits per heavy atom. The molecule has 3 aliphatic heterocycles. The molecule has 3 rings (SSSR count).